The number of nitrogens with one attached hydrogen (secondary N) is 2. The molecule has 0 bridgehead atoms. The molecule has 0 spiro atoms. The Labute approximate surface area is 188 Å². The van der Waals surface area contributed by atoms with Gasteiger partial charge in [0.2, 0.25) is 15.9 Å². The van der Waals surface area contributed by atoms with Crippen LogP contribution >= 0.6 is 0 Å². The van der Waals surface area contributed by atoms with Crippen molar-refractivity contribution in [3.63, 3.8) is 0 Å². The number of carbonyl (C=O) groups is 1. The van der Waals surface area contributed by atoms with Gasteiger partial charge in [-0.1, -0.05) is 29.8 Å². The predicted molar refractivity (Wildman–Crippen MR) is 128 cm³/mol. The summed E-state index contributed by atoms with van der Waals surface area (Å²) in [5, 5.41) is 16.6. The van der Waals surface area contributed by atoms with Crippen molar-refractivity contribution in [1.82, 2.24) is 0 Å². The highest BCUT2D eigenvalue weighted by atomic mass is 32.2. The molecule has 0 atom stereocenters. The topological polar surface area (TPSA) is 139 Å². The van der Waals surface area contributed by atoms with Gasteiger partial charge in [0.15, 0.2) is 0 Å². The molecule has 3 aromatic carbocycles. The lowest BCUT2D eigenvalue weighted by Gasteiger charge is -2.14. The van der Waals surface area contributed by atoms with Crippen molar-refractivity contribution in [3.8, 4) is 0 Å². The molecule has 0 saturated heterocycles. The van der Waals surface area contributed by atoms with Gasteiger partial charge in [0.05, 0.1) is 17.0 Å². The van der Waals surface area contributed by atoms with Crippen molar-refractivity contribution in [2.75, 3.05) is 11.1 Å². The standard InChI is InChI=1S/C24H26N4O3S/c1-14-9-15(2)20(16(3)10-14)13-23(29)28-18-7-8-22(25)21(12-18)24(26)17-5-4-6-19(11-17)32(27,30)31/h4-12,26H,13,25H2,1-3H3,(H,28,29)(H2,27,30,31). The molecule has 0 heterocycles. The second kappa shape index (κ2) is 8.94. The fourth-order valence-corrected chi connectivity index (χ4v) is 4.25. The van der Waals surface area contributed by atoms with Crippen LogP contribution in [0, 0.1) is 26.2 Å². The van der Waals surface area contributed by atoms with Crippen molar-refractivity contribution in [1.29, 1.82) is 5.41 Å². The van der Waals surface area contributed by atoms with Gasteiger partial charge in [-0.2, -0.15) is 0 Å². The summed E-state index contributed by atoms with van der Waals surface area (Å²) in [4.78, 5) is 12.6. The maximum Gasteiger partial charge on any atom is 0.238 e. The fraction of sp³-hybridized carbons (Fsp3) is 0.167. The quantitative estimate of drug-likeness (QED) is 0.337. The zero-order valence-corrected chi connectivity index (χ0v) is 19.0. The number of carbonyl (C=O) groups excluding carboxylic acids is 1. The van der Waals surface area contributed by atoms with Crippen LogP contribution in [0.3, 0.4) is 0 Å². The zero-order valence-electron chi connectivity index (χ0n) is 18.2. The van der Waals surface area contributed by atoms with Crippen molar-refractivity contribution in [2.45, 2.75) is 32.1 Å². The molecule has 6 N–H and O–H groups in total. The smallest absolute Gasteiger partial charge is 0.238 e. The maximum atomic E-state index is 12.7. The average molecular weight is 451 g/mol. The van der Waals surface area contributed by atoms with Crippen LogP contribution in [0.1, 0.15) is 33.4 Å². The van der Waals surface area contributed by atoms with Crippen LogP contribution in [-0.4, -0.2) is 20.0 Å². The van der Waals surface area contributed by atoms with Crippen LogP contribution in [0.5, 0.6) is 0 Å². The van der Waals surface area contributed by atoms with E-state index in [2.05, 4.69) is 5.32 Å². The van der Waals surface area contributed by atoms with Crippen LogP contribution in [0.4, 0.5) is 11.4 Å². The lowest BCUT2D eigenvalue weighted by Crippen LogP contribution is -2.17. The van der Waals surface area contributed by atoms with E-state index < -0.39 is 10.0 Å². The van der Waals surface area contributed by atoms with Crippen LogP contribution in [0.25, 0.3) is 0 Å². The van der Waals surface area contributed by atoms with E-state index in [-0.39, 0.29) is 22.9 Å². The first kappa shape index (κ1) is 23.2. The van der Waals surface area contributed by atoms with Gasteiger partial charge in [0, 0.05) is 22.5 Å². The van der Waals surface area contributed by atoms with E-state index in [9.17, 15) is 13.2 Å². The highest BCUT2D eigenvalue weighted by Gasteiger charge is 2.15. The van der Waals surface area contributed by atoms with E-state index in [0.29, 0.717) is 22.5 Å². The molecule has 8 heteroatoms. The molecule has 0 unspecified atom stereocenters. The lowest BCUT2D eigenvalue weighted by molar-refractivity contribution is -0.115. The summed E-state index contributed by atoms with van der Waals surface area (Å²) in [7, 11) is -3.90. The predicted octanol–water partition coefficient (Wildman–Crippen LogP) is 3.44. The number of amides is 1. The Hall–Kier alpha value is -3.49. The number of primary sulfonamides is 1. The Kier molecular flexibility index (Phi) is 6.47. The third kappa shape index (κ3) is 5.22. The van der Waals surface area contributed by atoms with Gasteiger partial charge in [0.25, 0.3) is 0 Å². The van der Waals surface area contributed by atoms with Gasteiger partial charge in [-0.3, -0.25) is 10.2 Å². The second-order valence-electron chi connectivity index (χ2n) is 7.85. The Bertz CT molecular complexity index is 1310. The van der Waals surface area contributed by atoms with Gasteiger partial charge in [-0.25, -0.2) is 13.6 Å². The molecule has 3 aromatic rings. The monoisotopic (exact) mass is 450 g/mol. The molecule has 0 aliphatic carbocycles. The molecular weight excluding hydrogens is 424 g/mol. The van der Waals surface area contributed by atoms with E-state index in [1.807, 2.05) is 32.9 Å². The largest absolute Gasteiger partial charge is 0.398 e. The minimum atomic E-state index is -3.90. The molecule has 7 nitrogen and oxygen atoms in total. The summed E-state index contributed by atoms with van der Waals surface area (Å²) >= 11 is 0. The minimum absolute atomic E-state index is 0.0225. The molecular formula is C24H26N4O3S. The molecule has 0 aromatic heterocycles. The first-order valence-electron chi connectivity index (χ1n) is 9.94. The van der Waals surface area contributed by atoms with E-state index in [0.717, 1.165) is 22.3 Å². The first-order chi connectivity index (χ1) is 15.0. The summed E-state index contributed by atoms with van der Waals surface area (Å²) < 4.78 is 23.3. The molecule has 0 radical (unpaired) electrons. The molecule has 0 aliphatic heterocycles. The molecule has 166 valence electrons. The van der Waals surface area contributed by atoms with Crippen LogP contribution in [0.15, 0.2) is 59.5 Å². The Morgan fingerprint density at radius 1 is 1.00 bits per heavy atom. The molecule has 0 saturated carbocycles. The normalized spacial score (nSPS) is 11.2. The number of nitrogen functional groups attached to an aromatic ring is 1. The van der Waals surface area contributed by atoms with E-state index >= 15 is 0 Å². The molecule has 3 rings (SSSR count). The van der Waals surface area contributed by atoms with Crippen molar-refractivity contribution < 1.29 is 13.2 Å². The lowest BCUT2D eigenvalue weighted by atomic mass is 9.97. The summed E-state index contributed by atoms with van der Waals surface area (Å²) in [5.41, 5.74) is 11.9. The van der Waals surface area contributed by atoms with E-state index in [4.69, 9.17) is 16.3 Å². The van der Waals surface area contributed by atoms with Gasteiger partial charge < -0.3 is 11.1 Å². The Balaban J connectivity index is 1.85. The van der Waals surface area contributed by atoms with Crippen LogP contribution in [-0.2, 0) is 21.2 Å². The molecule has 0 fully saturated rings. The average Bonchev–Trinajstić information content (AvgIpc) is 2.71. The number of aryl methyl sites for hydroxylation is 3. The van der Waals surface area contributed by atoms with Crippen molar-refractivity contribution in [3.05, 3.63) is 88.0 Å². The highest BCUT2D eigenvalue weighted by Crippen LogP contribution is 2.23. The first-order valence-corrected chi connectivity index (χ1v) is 11.5. The number of hydrogen-bond donors (Lipinski definition) is 4. The summed E-state index contributed by atoms with van der Waals surface area (Å²) in [6.07, 6.45) is 0.228. The Morgan fingerprint density at radius 2 is 1.66 bits per heavy atom. The van der Waals surface area contributed by atoms with Crippen LogP contribution < -0.4 is 16.2 Å². The second-order valence-corrected chi connectivity index (χ2v) is 9.41. The van der Waals surface area contributed by atoms with Crippen LogP contribution in [0.2, 0.25) is 0 Å². The molecule has 32 heavy (non-hydrogen) atoms. The molecule has 1 amide bonds. The Morgan fingerprint density at radius 3 is 2.28 bits per heavy atom. The summed E-state index contributed by atoms with van der Waals surface area (Å²) in [6, 6.07) is 14.8. The maximum absolute atomic E-state index is 12.7. The SMILES string of the molecule is Cc1cc(C)c(CC(=O)Nc2ccc(N)c(C(=N)c3cccc(S(N)(=O)=O)c3)c2)c(C)c1. The molecule has 0 aliphatic rings. The third-order valence-corrected chi connectivity index (χ3v) is 6.15. The van der Waals surface area contributed by atoms with Crippen molar-refractivity contribution >= 4 is 33.0 Å². The fourth-order valence-electron chi connectivity index (χ4n) is 3.69. The number of anilines is 2. The third-order valence-electron chi connectivity index (χ3n) is 5.24. The minimum Gasteiger partial charge on any atom is -0.398 e. The highest BCUT2D eigenvalue weighted by molar-refractivity contribution is 7.89. The number of rotatable bonds is 6. The summed E-state index contributed by atoms with van der Waals surface area (Å²) in [6.45, 7) is 6.00. The van der Waals surface area contributed by atoms with Gasteiger partial charge >= 0.3 is 0 Å². The number of sulfonamides is 1. The van der Waals surface area contributed by atoms with Gasteiger partial charge in [0.1, 0.15) is 0 Å². The van der Waals surface area contributed by atoms with Gasteiger partial charge in [-0.15, -0.1) is 0 Å². The van der Waals surface area contributed by atoms with E-state index in [1.165, 1.54) is 18.2 Å². The zero-order chi connectivity index (χ0) is 23.6. The number of nitrogens with two attached hydrogens (primary N) is 2. The van der Waals surface area contributed by atoms with E-state index in [1.54, 1.807) is 24.3 Å². The number of hydrogen-bond acceptors (Lipinski definition) is 5. The summed E-state index contributed by atoms with van der Waals surface area (Å²) in [5.74, 6) is -0.182. The van der Waals surface area contributed by atoms with Crippen molar-refractivity contribution in [2.24, 2.45) is 5.14 Å². The van der Waals surface area contributed by atoms with Gasteiger partial charge in [-0.05, 0) is 67.8 Å². The number of benzene rings is 3.